The highest BCUT2D eigenvalue weighted by Crippen LogP contribution is 2.23. The molecular formula is C14H12FNO3. The Balaban J connectivity index is 2.44. The van der Waals surface area contributed by atoms with Gasteiger partial charge in [0.2, 0.25) is 0 Å². The van der Waals surface area contributed by atoms with Crippen molar-refractivity contribution in [2.24, 2.45) is 0 Å². The van der Waals surface area contributed by atoms with Crippen LogP contribution < -0.4 is 9.47 Å². The molecule has 1 aromatic carbocycles. The zero-order chi connectivity index (χ0) is 13.8. The van der Waals surface area contributed by atoms with E-state index in [1.54, 1.807) is 0 Å². The number of rotatable bonds is 4. The fourth-order valence-electron chi connectivity index (χ4n) is 1.68. The highest BCUT2D eigenvalue weighted by molar-refractivity contribution is 6.10. The Bertz CT molecular complexity index is 613. The molecule has 2 rings (SSSR count). The van der Waals surface area contributed by atoms with Crippen LogP contribution in [-0.2, 0) is 0 Å². The van der Waals surface area contributed by atoms with Crippen LogP contribution >= 0.6 is 0 Å². The van der Waals surface area contributed by atoms with E-state index in [4.69, 9.17) is 9.47 Å². The summed E-state index contributed by atoms with van der Waals surface area (Å²) in [7, 11) is 2.86. The predicted molar refractivity (Wildman–Crippen MR) is 67.2 cm³/mol. The molecule has 0 spiro atoms. The first-order valence-corrected chi connectivity index (χ1v) is 5.53. The molecule has 1 heterocycles. The first-order valence-electron chi connectivity index (χ1n) is 5.53. The second kappa shape index (κ2) is 5.48. The first kappa shape index (κ1) is 13.0. The molecule has 0 amide bonds. The van der Waals surface area contributed by atoms with Gasteiger partial charge in [0.15, 0.2) is 5.78 Å². The SMILES string of the molecule is COc1ccc(C(=O)c2ccncc2OC)c(F)c1. The van der Waals surface area contributed by atoms with Crippen molar-refractivity contribution in [3.05, 3.63) is 53.6 Å². The lowest BCUT2D eigenvalue weighted by Crippen LogP contribution is -2.06. The third kappa shape index (κ3) is 2.54. The molecule has 19 heavy (non-hydrogen) atoms. The van der Waals surface area contributed by atoms with E-state index in [-0.39, 0.29) is 11.1 Å². The second-order valence-corrected chi connectivity index (χ2v) is 3.75. The smallest absolute Gasteiger partial charge is 0.199 e. The molecule has 0 radical (unpaired) electrons. The molecule has 0 saturated carbocycles. The minimum absolute atomic E-state index is 0.0368. The first-order chi connectivity index (χ1) is 9.17. The summed E-state index contributed by atoms with van der Waals surface area (Å²) in [4.78, 5) is 16.1. The van der Waals surface area contributed by atoms with Gasteiger partial charge in [0.25, 0.3) is 0 Å². The van der Waals surface area contributed by atoms with Crippen molar-refractivity contribution in [3.8, 4) is 11.5 Å². The third-order valence-electron chi connectivity index (χ3n) is 2.67. The number of benzene rings is 1. The average molecular weight is 261 g/mol. The number of nitrogens with zero attached hydrogens (tertiary/aromatic N) is 1. The van der Waals surface area contributed by atoms with Gasteiger partial charge in [-0.3, -0.25) is 9.78 Å². The number of halogens is 1. The van der Waals surface area contributed by atoms with E-state index in [9.17, 15) is 9.18 Å². The van der Waals surface area contributed by atoms with Crippen molar-refractivity contribution in [1.29, 1.82) is 0 Å². The molecule has 2 aromatic rings. The predicted octanol–water partition coefficient (Wildman–Crippen LogP) is 2.47. The van der Waals surface area contributed by atoms with E-state index in [0.29, 0.717) is 11.5 Å². The highest BCUT2D eigenvalue weighted by atomic mass is 19.1. The topological polar surface area (TPSA) is 48.4 Å². The van der Waals surface area contributed by atoms with E-state index < -0.39 is 11.6 Å². The lowest BCUT2D eigenvalue weighted by Gasteiger charge is -2.08. The Kier molecular flexibility index (Phi) is 3.75. The minimum Gasteiger partial charge on any atom is -0.497 e. The number of carbonyl (C=O) groups excluding carboxylic acids is 1. The van der Waals surface area contributed by atoms with E-state index in [2.05, 4.69) is 4.98 Å². The molecule has 0 unspecified atom stereocenters. The number of hydrogen-bond donors (Lipinski definition) is 0. The van der Waals surface area contributed by atoms with E-state index >= 15 is 0 Å². The Morgan fingerprint density at radius 3 is 2.58 bits per heavy atom. The lowest BCUT2D eigenvalue weighted by atomic mass is 10.0. The number of hydrogen-bond acceptors (Lipinski definition) is 4. The van der Waals surface area contributed by atoms with Crippen molar-refractivity contribution in [2.45, 2.75) is 0 Å². The van der Waals surface area contributed by atoms with Gasteiger partial charge in [-0.15, -0.1) is 0 Å². The molecule has 98 valence electrons. The Morgan fingerprint density at radius 2 is 1.95 bits per heavy atom. The maximum absolute atomic E-state index is 13.9. The van der Waals surface area contributed by atoms with Crippen LogP contribution in [0.15, 0.2) is 36.7 Å². The normalized spacial score (nSPS) is 10.1. The second-order valence-electron chi connectivity index (χ2n) is 3.75. The Hall–Kier alpha value is -2.43. The van der Waals surface area contributed by atoms with Crippen LogP contribution in [-0.4, -0.2) is 25.0 Å². The van der Waals surface area contributed by atoms with Gasteiger partial charge in [-0.25, -0.2) is 4.39 Å². The number of methoxy groups -OCH3 is 2. The molecule has 1 aromatic heterocycles. The number of ether oxygens (including phenoxy) is 2. The van der Waals surface area contributed by atoms with Gasteiger partial charge in [0.05, 0.1) is 31.5 Å². The summed E-state index contributed by atoms with van der Waals surface area (Å²) in [6, 6.07) is 5.58. The quantitative estimate of drug-likeness (QED) is 0.793. The maximum Gasteiger partial charge on any atom is 0.199 e. The molecule has 4 nitrogen and oxygen atoms in total. The molecule has 0 saturated heterocycles. The fourth-order valence-corrected chi connectivity index (χ4v) is 1.68. The maximum atomic E-state index is 13.9. The Morgan fingerprint density at radius 1 is 1.16 bits per heavy atom. The molecule has 0 aliphatic heterocycles. The van der Waals surface area contributed by atoms with Crippen LogP contribution in [0.2, 0.25) is 0 Å². The van der Waals surface area contributed by atoms with Gasteiger partial charge < -0.3 is 9.47 Å². The molecule has 0 atom stereocenters. The molecule has 0 N–H and O–H groups in total. The zero-order valence-corrected chi connectivity index (χ0v) is 10.5. The van der Waals surface area contributed by atoms with Crippen molar-refractivity contribution < 1.29 is 18.7 Å². The van der Waals surface area contributed by atoms with Crippen molar-refractivity contribution in [3.63, 3.8) is 0 Å². The monoisotopic (exact) mass is 261 g/mol. The standard InChI is InChI=1S/C14H12FNO3/c1-18-9-3-4-10(12(15)7-9)14(17)11-5-6-16-8-13(11)19-2/h3-8H,1-2H3. The summed E-state index contributed by atoms with van der Waals surface area (Å²) in [6.45, 7) is 0. The van der Waals surface area contributed by atoms with Crippen molar-refractivity contribution in [2.75, 3.05) is 14.2 Å². The number of pyridine rings is 1. The largest absolute Gasteiger partial charge is 0.497 e. The van der Waals surface area contributed by atoms with Crippen LogP contribution in [0, 0.1) is 5.82 Å². The van der Waals surface area contributed by atoms with Gasteiger partial charge in [0, 0.05) is 12.3 Å². The Labute approximate surface area is 109 Å². The summed E-state index contributed by atoms with van der Waals surface area (Å²) in [5.41, 5.74) is 0.229. The summed E-state index contributed by atoms with van der Waals surface area (Å²) in [6.07, 6.45) is 2.87. The van der Waals surface area contributed by atoms with Gasteiger partial charge in [-0.1, -0.05) is 0 Å². The van der Waals surface area contributed by atoms with Gasteiger partial charge in [-0.2, -0.15) is 0 Å². The minimum atomic E-state index is -0.636. The van der Waals surface area contributed by atoms with Crippen LogP contribution in [0.1, 0.15) is 15.9 Å². The van der Waals surface area contributed by atoms with Gasteiger partial charge in [0.1, 0.15) is 17.3 Å². The van der Waals surface area contributed by atoms with Gasteiger partial charge >= 0.3 is 0 Å². The number of carbonyl (C=O) groups is 1. The van der Waals surface area contributed by atoms with Crippen molar-refractivity contribution in [1.82, 2.24) is 4.98 Å². The lowest BCUT2D eigenvalue weighted by molar-refractivity contribution is 0.103. The molecular weight excluding hydrogens is 249 g/mol. The zero-order valence-electron chi connectivity index (χ0n) is 10.5. The third-order valence-corrected chi connectivity index (χ3v) is 2.67. The van der Waals surface area contributed by atoms with Crippen LogP contribution in [0.25, 0.3) is 0 Å². The fraction of sp³-hybridized carbons (Fsp3) is 0.143. The highest BCUT2D eigenvalue weighted by Gasteiger charge is 2.18. The van der Waals surface area contributed by atoms with E-state index in [1.165, 1.54) is 50.9 Å². The van der Waals surface area contributed by atoms with Crippen LogP contribution in [0.3, 0.4) is 0 Å². The van der Waals surface area contributed by atoms with E-state index in [1.807, 2.05) is 0 Å². The molecule has 5 heteroatoms. The average Bonchev–Trinajstić information content (AvgIpc) is 2.46. The van der Waals surface area contributed by atoms with Crippen molar-refractivity contribution >= 4 is 5.78 Å². The summed E-state index contributed by atoms with van der Waals surface area (Å²) in [5, 5.41) is 0. The van der Waals surface area contributed by atoms with Crippen LogP contribution in [0.4, 0.5) is 4.39 Å². The molecule has 0 aliphatic carbocycles. The van der Waals surface area contributed by atoms with E-state index in [0.717, 1.165) is 0 Å². The molecule has 0 fully saturated rings. The number of aromatic nitrogens is 1. The summed E-state index contributed by atoms with van der Waals surface area (Å²) >= 11 is 0. The molecule has 0 bridgehead atoms. The van der Waals surface area contributed by atoms with Crippen LogP contribution in [0.5, 0.6) is 11.5 Å². The van der Waals surface area contributed by atoms with Gasteiger partial charge in [-0.05, 0) is 18.2 Å². The number of ketones is 1. The summed E-state index contributed by atoms with van der Waals surface area (Å²) < 4.78 is 23.8. The molecule has 0 aliphatic rings. The summed E-state index contributed by atoms with van der Waals surface area (Å²) in [5.74, 6) is -0.430.